The molecule has 3 aliphatic carbocycles. The van der Waals surface area contributed by atoms with Crippen molar-refractivity contribution in [1.29, 1.82) is 0 Å². The van der Waals surface area contributed by atoms with Crippen LogP contribution in [0.1, 0.15) is 96.3 Å². The van der Waals surface area contributed by atoms with Gasteiger partial charge in [0.2, 0.25) is 0 Å². The number of phosphoric ester groups is 1. The molecule has 0 heterocycles. The molecule has 3 saturated carbocycles. The quantitative estimate of drug-likeness (QED) is 0.484. The maximum atomic E-state index is 9.95. The molecule has 0 bridgehead atoms. The molecule has 0 unspecified atom stereocenters. The predicted molar refractivity (Wildman–Crippen MR) is 115 cm³/mol. The first-order chi connectivity index (χ1) is 12.9. The van der Waals surface area contributed by atoms with E-state index in [1.165, 1.54) is 36.2 Å². The van der Waals surface area contributed by atoms with Crippen molar-refractivity contribution >= 4 is 15.1 Å². The summed E-state index contributed by atoms with van der Waals surface area (Å²) in [5.74, 6) is 0. The summed E-state index contributed by atoms with van der Waals surface area (Å²) in [6, 6.07) is 0. The predicted octanol–water partition coefficient (Wildman–Crippen LogP) is 6.38. The van der Waals surface area contributed by atoms with Crippen LogP contribution in [-0.2, 0) is 13.6 Å². The average Bonchev–Trinajstić information content (AvgIpc) is 2.75. The second kappa shape index (κ2) is 11.7. The topological polar surface area (TPSA) is 58.6 Å². The van der Waals surface area contributed by atoms with Gasteiger partial charge >= 0.3 is 0 Å². The van der Waals surface area contributed by atoms with E-state index in [1.54, 1.807) is 77.0 Å². The normalized spacial score (nSPS) is 24.3. The van der Waals surface area contributed by atoms with E-state index in [-0.39, 0.29) is 0 Å². The maximum absolute atomic E-state index is 9.95. The van der Waals surface area contributed by atoms with Crippen molar-refractivity contribution in [2.24, 2.45) is 0 Å². The molecule has 27 heavy (non-hydrogen) atoms. The van der Waals surface area contributed by atoms with Gasteiger partial charge in [0, 0.05) is 28.1 Å². The Hall–Kier alpha value is 0.540. The molecular weight excluding hydrogens is 378 g/mol. The van der Waals surface area contributed by atoms with Crippen molar-refractivity contribution < 1.29 is 18.5 Å². The van der Waals surface area contributed by atoms with Gasteiger partial charge in [-0.3, -0.25) is 4.57 Å². The third-order valence-electron chi connectivity index (χ3n) is 7.53. The van der Waals surface area contributed by atoms with E-state index in [4.69, 9.17) is 0 Å². The van der Waals surface area contributed by atoms with Gasteiger partial charge in [0.15, 0.2) is 0 Å². The molecule has 0 radical (unpaired) electrons. The first-order valence-electron chi connectivity index (χ1n) is 11.2. The molecule has 3 aliphatic rings. The van der Waals surface area contributed by atoms with Crippen LogP contribution in [0.3, 0.4) is 0 Å². The summed E-state index contributed by atoms with van der Waals surface area (Å²) < 4.78 is 17.7. The zero-order chi connectivity index (χ0) is 19.8. The van der Waals surface area contributed by atoms with Crippen molar-refractivity contribution in [3.63, 3.8) is 0 Å². The molecular formula is C21H42O4P2. The molecule has 0 aromatic carbocycles. The van der Waals surface area contributed by atoms with Gasteiger partial charge in [-0.05, 0) is 77.0 Å². The first kappa shape index (κ1) is 23.8. The van der Waals surface area contributed by atoms with E-state index < -0.39 is 15.1 Å². The van der Waals surface area contributed by atoms with E-state index >= 15 is 0 Å². The van der Waals surface area contributed by atoms with Gasteiger partial charge in [-0.1, -0.05) is 19.3 Å². The Balaban J connectivity index is 0.000000321. The summed E-state index contributed by atoms with van der Waals surface area (Å²) in [6.45, 7) is 2.87. The second-order valence-electron chi connectivity index (χ2n) is 8.91. The van der Waals surface area contributed by atoms with Crippen LogP contribution in [0.15, 0.2) is 0 Å². The third-order valence-corrected chi connectivity index (χ3v) is 14.7. The largest absolute Gasteiger partial charge is 0.756 e. The van der Waals surface area contributed by atoms with Crippen molar-refractivity contribution in [2.45, 2.75) is 113 Å². The molecule has 4 nitrogen and oxygen atoms in total. The van der Waals surface area contributed by atoms with Gasteiger partial charge in [-0.2, -0.15) is 0 Å². The summed E-state index contributed by atoms with van der Waals surface area (Å²) in [5, 5.41) is 0. The van der Waals surface area contributed by atoms with E-state index in [1.807, 2.05) is 0 Å². The average molecular weight is 421 g/mol. The maximum Gasteiger partial charge on any atom is 0.267 e. The van der Waals surface area contributed by atoms with Crippen molar-refractivity contribution in [2.75, 3.05) is 20.9 Å². The summed E-state index contributed by atoms with van der Waals surface area (Å²) in [6.07, 6.45) is 23.6. The van der Waals surface area contributed by atoms with Gasteiger partial charge in [-0.15, -0.1) is 0 Å². The third kappa shape index (κ3) is 6.78. The highest BCUT2D eigenvalue weighted by Crippen LogP contribution is 2.74. The molecule has 160 valence electrons. The fraction of sp³-hybridized carbons (Fsp3) is 1.00. The lowest BCUT2D eigenvalue weighted by Crippen LogP contribution is -2.35. The number of hydrogen-bond donors (Lipinski definition) is 0. The van der Waals surface area contributed by atoms with Gasteiger partial charge in [0.05, 0.1) is 17.0 Å². The molecule has 3 rings (SSSR count). The van der Waals surface area contributed by atoms with Crippen molar-refractivity contribution in [3.05, 3.63) is 0 Å². The van der Waals surface area contributed by atoms with Crippen LogP contribution < -0.4 is 4.89 Å². The van der Waals surface area contributed by atoms with E-state index in [9.17, 15) is 9.46 Å². The summed E-state index contributed by atoms with van der Waals surface area (Å²) >= 11 is 0. The van der Waals surface area contributed by atoms with Gasteiger partial charge in [0.25, 0.3) is 7.82 Å². The fourth-order valence-electron chi connectivity index (χ4n) is 5.88. The Kier molecular flexibility index (Phi) is 10.3. The van der Waals surface area contributed by atoms with Gasteiger partial charge in [0.1, 0.15) is 0 Å². The zero-order valence-electron chi connectivity index (χ0n) is 17.9. The molecule has 3 fully saturated rings. The molecule has 0 aromatic rings. The molecule has 0 spiro atoms. The van der Waals surface area contributed by atoms with Crippen molar-refractivity contribution in [3.8, 4) is 0 Å². The highest BCUT2D eigenvalue weighted by Gasteiger charge is 2.53. The molecule has 0 aromatic heterocycles. The van der Waals surface area contributed by atoms with E-state index in [2.05, 4.69) is 15.7 Å². The SMILES string of the molecule is COP(=O)([O-])OC.C[P+](C1CCCCC1)(C1CCCCC1)C1CCCCC1. The van der Waals surface area contributed by atoms with Crippen LogP contribution in [0.5, 0.6) is 0 Å². The van der Waals surface area contributed by atoms with Crippen LogP contribution in [0, 0.1) is 0 Å². The monoisotopic (exact) mass is 420 g/mol. The molecule has 6 heteroatoms. The summed E-state index contributed by atoms with van der Waals surface area (Å²) in [4.78, 5) is 9.95. The first-order valence-corrected chi connectivity index (χ1v) is 15.1. The van der Waals surface area contributed by atoms with Gasteiger partial charge in [-0.25, -0.2) is 0 Å². The zero-order valence-corrected chi connectivity index (χ0v) is 19.7. The highest BCUT2D eigenvalue weighted by molar-refractivity contribution is 7.77. The summed E-state index contributed by atoms with van der Waals surface area (Å²) in [5.41, 5.74) is 3.55. The standard InChI is InChI=1S/C19H36P.C2H7O4P/c1-20(17-11-5-2-6-12-17,18-13-7-3-8-14-18)19-15-9-4-10-16-19;1-5-7(3,4)6-2/h17-19H,2-16H2,1H3;1-2H3,(H,3,4)/q+1;/p-1. The van der Waals surface area contributed by atoms with Crippen LogP contribution in [-0.4, -0.2) is 37.9 Å². The Labute approximate surface area is 168 Å². The Bertz CT molecular complexity index is 400. The number of hydrogen-bond acceptors (Lipinski definition) is 4. The second-order valence-corrected chi connectivity index (χ2v) is 15.2. The number of phosphoric acid groups is 1. The van der Waals surface area contributed by atoms with Crippen LogP contribution in [0.25, 0.3) is 0 Å². The minimum absolute atomic E-state index is 0.696. The molecule has 0 N–H and O–H groups in total. The fourth-order valence-corrected chi connectivity index (χ4v) is 12.3. The molecule has 0 atom stereocenters. The molecule has 0 aliphatic heterocycles. The molecule has 0 amide bonds. The lowest BCUT2D eigenvalue weighted by Gasteiger charge is -2.46. The smallest absolute Gasteiger partial charge is 0.267 e. The molecule has 0 saturated heterocycles. The Morgan fingerprint density at radius 3 is 1.11 bits per heavy atom. The Morgan fingerprint density at radius 1 is 0.667 bits per heavy atom. The Morgan fingerprint density at radius 2 is 0.926 bits per heavy atom. The van der Waals surface area contributed by atoms with E-state index in [0.717, 1.165) is 14.2 Å². The lowest BCUT2D eigenvalue weighted by molar-refractivity contribution is -0.220. The highest BCUT2D eigenvalue weighted by atomic mass is 31.2. The lowest BCUT2D eigenvalue weighted by atomic mass is 9.99. The van der Waals surface area contributed by atoms with Crippen LogP contribution in [0.2, 0.25) is 0 Å². The van der Waals surface area contributed by atoms with Crippen molar-refractivity contribution in [1.82, 2.24) is 0 Å². The van der Waals surface area contributed by atoms with Crippen LogP contribution in [0.4, 0.5) is 0 Å². The van der Waals surface area contributed by atoms with Crippen LogP contribution >= 0.6 is 15.1 Å². The minimum Gasteiger partial charge on any atom is -0.756 e. The minimum atomic E-state index is -3.90. The van der Waals surface area contributed by atoms with E-state index in [0.29, 0.717) is 0 Å². The van der Waals surface area contributed by atoms with Gasteiger partial charge < -0.3 is 13.9 Å². The number of rotatable bonds is 5. The summed E-state index contributed by atoms with van der Waals surface area (Å²) in [7, 11) is -2.52.